The van der Waals surface area contributed by atoms with E-state index in [1.165, 1.54) is 16.7 Å². The van der Waals surface area contributed by atoms with E-state index < -0.39 is 0 Å². The van der Waals surface area contributed by atoms with Crippen molar-refractivity contribution in [3.05, 3.63) is 107 Å². The second-order valence-corrected chi connectivity index (χ2v) is 9.66. The monoisotopic (exact) mass is 482 g/mol. The number of hydrogen-bond donors (Lipinski definition) is 3. The fourth-order valence-corrected chi connectivity index (χ4v) is 3.79. The van der Waals surface area contributed by atoms with Crippen LogP contribution < -0.4 is 16.4 Å². The molecular weight excluding hydrogens is 444 g/mol. The molecule has 0 spiro atoms. The number of carbonyl (C=O) groups is 1. The Morgan fingerprint density at radius 2 is 1.44 bits per heavy atom. The number of aryl methyl sites for hydroxylation is 1. The molecule has 5 nitrogen and oxygen atoms in total. The van der Waals surface area contributed by atoms with Crippen LogP contribution in [0.15, 0.2) is 79.0 Å². The molecule has 1 aromatic heterocycles. The molecule has 0 atom stereocenters. The molecule has 4 aromatic rings. The number of benzene rings is 3. The second kappa shape index (κ2) is 12.8. The van der Waals surface area contributed by atoms with Crippen molar-refractivity contribution in [3.8, 4) is 0 Å². The number of amides is 2. The van der Waals surface area contributed by atoms with E-state index in [1.54, 1.807) is 0 Å². The molecule has 0 fully saturated rings. The minimum atomic E-state index is -0.213. The largest absolute Gasteiger partial charge is 0.334 e. The summed E-state index contributed by atoms with van der Waals surface area (Å²) in [6.07, 6.45) is 1.82. The number of nitrogens with one attached hydrogen (secondary N) is 2. The van der Waals surface area contributed by atoms with E-state index in [0.717, 1.165) is 27.7 Å². The quantitative estimate of drug-likeness (QED) is 0.271. The molecule has 0 saturated carbocycles. The molecule has 4 N–H and O–H groups in total. The van der Waals surface area contributed by atoms with Gasteiger partial charge in [-0.1, -0.05) is 88.4 Å². The van der Waals surface area contributed by atoms with Crippen LogP contribution in [0.4, 0.5) is 10.5 Å². The van der Waals surface area contributed by atoms with Gasteiger partial charge in [-0.05, 0) is 53.1 Å². The average molecular weight is 483 g/mol. The Labute approximate surface area is 215 Å². The summed E-state index contributed by atoms with van der Waals surface area (Å²) in [5.41, 5.74) is 12.1. The molecule has 0 bridgehead atoms. The number of fused-ring (bicyclic) bond motifs is 1. The third kappa shape index (κ3) is 7.65. The maximum atomic E-state index is 12.3. The lowest BCUT2D eigenvalue weighted by Crippen LogP contribution is -2.28. The van der Waals surface area contributed by atoms with E-state index >= 15 is 0 Å². The van der Waals surface area contributed by atoms with Crippen LogP contribution in [-0.4, -0.2) is 11.0 Å². The fourth-order valence-electron chi connectivity index (χ4n) is 3.79. The van der Waals surface area contributed by atoms with Crippen LogP contribution in [0.1, 0.15) is 67.5 Å². The van der Waals surface area contributed by atoms with Gasteiger partial charge in [0.25, 0.3) is 0 Å². The highest BCUT2D eigenvalue weighted by atomic mass is 16.2. The van der Waals surface area contributed by atoms with Gasteiger partial charge in [-0.25, -0.2) is 4.79 Å². The third-order valence-electron chi connectivity index (χ3n) is 6.13. The van der Waals surface area contributed by atoms with Crippen LogP contribution in [0, 0.1) is 6.92 Å². The standard InChI is InChI=1S/C21H23N3O.C10H15N/c1-14(2)17-9-7-16(8-10-17)12-23-21(25)24-20-6-4-5-18-13-22-15(3)11-19(18)20;1-8(2)10-5-3-9(7-11)4-6-10/h4-11,13-14H,12H2,1-3H3,(H2,23,24,25);3-6,8H,7,11H2,1-2H3. The number of anilines is 1. The molecule has 0 radical (unpaired) electrons. The van der Waals surface area contributed by atoms with E-state index in [0.29, 0.717) is 24.9 Å². The molecular formula is C31H38N4O. The van der Waals surface area contributed by atoms with Gasteiger partial charge >= 0.3 is 6.03 Å². The summed E-state index contributed by atoms with van der Waals surface area (Å²) in [5.74, 6) is 1.12. The number of hydrogen-bond acceptors (Lipinski definition) is 3. The maximum absolute atomic E-state index is 12.3. The number of carbonyl (C=O) groups excluding carboxylic acids is 1. The number of pyridine rings is 1. The van der Waals surface area contributed by atoms with Gasteiger partial charge < -0.3 is 16.4 Å². The molecule has 5 heteroatoms. The van der Waals surface area contributed by atoms with Crippen LogP contribution in [0.3, 0.4) is 0 Å². The van der Waals surface area contributed by atoms with Gasteiger partial charge in [0.05, 0.1) is 5.69 Å². The summed E-state index contributed by atoms with van der Waals surface area (Å²) in [6.45, 7) is 11.8. The van der Waals surface area contributed by atoms with Gasteiger partial charge in [-0.2, -0.15) is 0 Å². The van der Waals surface area contributed by atoms with Crippen molar-refractivity contribution in [2.24, 2.45) is 5.73 Å². The fraction of sp³-hybridized carbons (Fsp3) is 0.290. The Morgan fingerprint density at radius 3 is 2.00 bits per heavy atom. The molecule has 3 aromatic carbocycles. The first-order valence-electron chi connectivity index (χ1n) is 12.5. The van der Waals surface area contributed by atoms with Crippen molar-refractivity contribution in [1.29, 1.82) is 0 Å². The molecule has 0 aliphatic carbocycles. The zero-order valence-electron chi connectivity index (χ0n) is 22.0. The lowest BCUT2D eigenvalue weighted by Gasteiger charge is -2.11. The van der Waals surface area contributed by atoms with E-state index in [2.05, 4.69) is 91.8 Å². The minimum Gasteiger partial charge on any atom is -0.334 e. The molecule has 0 saturated heterocycles. The predicted molar refractivity (Wildman–Crippen MR) is 151 cm³/mol. The van der Waals surface area contributed by atoms with Gasteiger partial charge in [-0.3, -0.25) is 4.98 Å². The van der Waals surface area contributed by atoms with Crippen molar-refractivity contribution in [2.45, 2.75) is 59.5 Å². The molecule has 4 rings (SSSR count). The predicted octanol–water partition coefficient (Wildman–Crippen LogP) is 7.26. The Morgan fingerprint density at radius 1 is 0.861 bits per heavy atom. The topological polar surface area (TPSA) is 80.0 Å². The molecule has 2 amide bonds. The average Bonchev–Trinajstić information content (AvgIpc) is 2.88. The first-order chi connectivity index (χ1) is 17.3. The lowest BCUT2D eigenvalue weighted by molar-refractivity contribution is 0.252. The Kier molecular flexibility index (Phi) is 9.60. The van der Waals surface area contributed by atoms with Crippen molar-refractivity contribution in [2.75, 3.05) is 5.32 Å². The Bertz CT molecular complexity index is 1260. The molecule has 0 aliphatic heterocycles. The van der Waals surface area contributed by atoms with E-state index in [9.17, 15) is 4.79 Å². The van der Waals surface area contributed by atoms with Crippen molar-refractivity contribution in [1.82, 2.24) is 10.3 Å². The zero-order chi connectivity index (χ0) is 26.1. The first kappa shape index (κ1) is 26.9. The normalized spacial score (nSPS) is 10.8. The summed E-state index contributed by atoms with van der Waals surface area (Å²) < 4.78 is 0. The van der Waals surface area contributed by atoms with Crippen LogP contribution >= 0.6 is 0 Å². The Hall–Kier alpha value is -3.70. The number of aromatic nitrogens is 1. The number of nitrogens with zero attached hydrogens (tertiary/aromatic N) is 1. The van der Waals surface area contributed by atoms with Gasteiger partial charge in [-0.15, -0.1) is 0 Å². The van der Waals surface area contributed by atoms with Crippen LogP contribution in [0.25, 0.3) is 10.8 Å². The number of nitrogens with two attached hydrogens (primary N) is 1. The van der Waals surface area contributed by atoms with Crippen molar-refractivity contribution < 1.29 is 4.79 Å². The summed E-state index contributed by atoms with van der Waals surface area (Å²) in [6, 6.07) is 24.4. The summed E-state index contributed by atoms with van der Waals surface area (Å²) in [4.78, 5) is 16.5. The zero-order valence-corrected chi connectivity index (χ0v) is 22.0. The van der Waals surface area contributed by atoms with Gasteiger partial charge in [0, 0.05) is 35.8 Å². The highest BCUT2D eigenvalue weighted by Gasteiger charge is 2.07. The van der Waals surface area contributed by atoms with Gasteiger partial charge in [0.2, 0.25) is 0 Å². The number of rotatable bonds is 6. The molecule has 1 heterocycles. The highest BCUT2D eigenvalue weighted by Crippen LogP contribution is 2.23. The third-order valence-corrected chi connectivity index (χ3v) is 6.13. The molecule has 0 aliphatic rings. The maximum Gasteiger partial charge on any atom is 0.319 e. The number of urea groups is 1. The van der Waals surface area contributed by atoms with Crippen molar-refractivity contribution in [3.63, 3.8) is 0 Å². The van der Waals surface area contributed by atoms with Crippen LogP contribution in [0.5, 0.6) is 0 Å². The smallest absolute Gasteiger partial charge is 0.319 e. The molecule has 0 unspecified atom stereocenters. The second-order valence-electron chi connectivity index (χ2n) is 9.66. The van der Waals surface area contributed by atoms with E-state index in [4.69, 9.17) is 5.73 Å². The SMILES string of the molecule is CC(C)c1ccc(CN)cc1.Cc1cc2c(NC(=O)NCc3ccc(C(C)C)cc3)cccc2cn1. The summed E-state index contributed by atoms with van der Waals surface area (Å²) in [7, 11) is 0. The Balaban J connectivity index is 0.000000275. The first-order valence-corrected chi connectivity index (χ1v) is 12.5. The van der Waals surface area contributed by atoms with Crippen LogP contribution in [-0.2, 0) is 13.1 Å². The molecule has 188 valence electrons. The minimum absolute atomic E-state index is 0.213. The van der Waals surface area contributed by atoms with E-state index in [1.807, 2.05) is 37.4 Å². The summed E-state index contributed by atoms with van der Waals surface area (Å²) in [5, 5.41) is 7.84. The van der Waals surface area contributed by atoms with Crippen LogP contribution in [0.2, 0.25) is 0 Å². The lowest BCUT2D eigenvalue weighted by atomic mass is 10.0. The highest BCUT2D eigenvalue weighted by molar-refractivity contribution is 6.01. The van der Waals surface area contributed by atoms with Gasteiger partial charge in [0.1, 0.15) is 0 Å². The van der Waals surface area contributed by atoms with Gasteiger partial charge in [0.15, 0.2) is 0 Å². The molecule has 36 heavy (non-hydrogen) atoms. The summed E-state index contributed by atoms with van der Waals surface area (Å²) >= 11 is 0. The van der Waals surface area contributed by atoms with E-state index in [-0.39, 0.29) is 6.03 Å². The van der Waals surface area contributed by atoms with Crippen molar-refractivity contribution >= 4 is 22.5 Å².